The van der Waals surface area contributed by atoms with Crippen molar-refractivity contribution in [2.24, 2.45) is 29.6 Å². The molecule has 5 rings (SSSR count). The van der Waals surface area contributed by atoms with Crippen LogP contribution in [0, 0.1) is 29.6 Å². The van der Waals surface area contributed by atoms with E-state index in [0.717, 1.165) is 32.7 Å². The maximum absolute atomic E-state index is 6.56. The lowest BCUT2D eigenvalue weighted by molar-refractivity contribution is -0.353. The molecule has 4 fully saturated rings. The number of ether oxygens (including phenoxy) is 4. The summed E-state index contributed by atoms with van der Waals surface area (Å²) in [6.07, 6.45) is 1.93. The topological polar surface area (TPSA) is 36.9 Å². The van der Waals surface area contributed by atoms with Crippen LogP contribution in [0.3, 0.4) is 0 Å². The molecular weight excluding hydrogens is 316 g/mol. The van der Waals surface area contributed by atoms with E-state index in [4.69, 9.17) is 18.9 Å². The largest absolute Gasteiger partial charge is 0.376 e. The van der Waals surface area contributed by atoms with Crippen molar-refractivity contribution in [3.8, 4) is 0 Å². The van der Waals surface area contributed by atoms with Crippen molar-refractivity contribution >= 4 is 0 Å². The Bertz CT molecular complexity index is 634. The quantitative estimate of drug-likeness (QED) is 0.836. The van der Waals surface area contributed by atoms with Crippen molar-refractivity contribution < 1.29 is 18.9 Å². The lowest BCUT2D eigenvalue weighted by atomic mass is 9.68. The van der Waals surface area contributed by atoms with Crippen LogP contribution < -0.4 is 0 Å². The summed E-state index contributed by atoms with van der Waals surface area (Å²) in [6, 6.07) is 10.4. The first-order chi connectivity index (χ1) is 12.1. The standard InChI is InChI=1S/C21H28O4/c1-14-10-23-20-8-9-21(25-20)19(15(2)18(14)20)17(13-24-21)12-22-11-16-6-4-3-5-7-16/h3-7,14-15,17-19H,8-13H2,1-2H3/t14-,15-,17+,18-,19-,20-,21+/m1/s1. The van der Waals surface area contributed by atoms with Crippen LogP contribution >= 0.6 is 0 Å². The Kier molecular flexibility index (Phi) is 3.76. The Balaban J connectivity index is 1.31. The van der Waals surface area contributed by atoms with Crippen LogP contribution in [0.25, 0.3) is 0 Å². The van der Waals surface area contributed by atoms with Crippen LogP contribution in [0.15, 0.2) is 30.3 Å². The van der Waals surface area contributed by atoms with Gasteiger partial charge < -0.3 is 18.9 Å². The lowest BCUT2D eigenvalue weighted by Crippen LogP contribution is -2.55. The molecule has 0 aromatic heterocycles. The van der Waals surface area contributed by atoms with Crippen molar-refractivity contribution in [2.45, 2.75) is 44.9 Å². The summed E-state index contributed by atoms with van der Waals surface area (Å²) in [5.41, 5.74) is 1.22. The van der Waals surface area contributed by atoms with Gasteiger partial charge in [-0.1, -0.05) is 44.2 Å². The molecule has 1 aromatic carbocycles. The summed E-state index contributed by atoms with van der Waals surface area (Å²) in [7, 11) is 0. The summed E-state index contributed by atoms with van der Waals surface area (Å²) in [4.78, 5) is 0. The molecule has 4 saturated heterocycles. The van der Waals surface area contributed by atoms with E-state index in [-0.39, 0.29) is 5.79 Å². The zero-order chi connectivity index (χ0) is 17.1. The summed E-state index contributed by atoms with van der Waals surface area (Å²) in [5.74, 6) is 1.58. The van der Waals surface area contributed by atoms with Crippen LogP contribution in [-0.2, 0) is 25.6 Å². The molecule has 0 saturated carbocycles. The molecule has 4 aliphatic rings. The Labute approximate surface area is 149 Å². The first-order valence-corrected chi connectivity index (χ1v) is 9.73. The lowest BCUT2D eigenvalue weighted by Gasteiger charge is -2.48. The van der Waals surface area contributed by atoms with E-state index in [1.54, 1.807) is 0 Å². The zero-order valence-electron chi connectivity index (χ0n) is 15.1. The predicted octanol–water partition coefficient (Wildman–Crippen LogP) is 3.60. The second kappa shape index (κ2) is 5.78. The van der Waals surface area contributed by atoms with Crippen molar-refractivity contribution in [3.05, 3.63) is 35.9 Å². The molecule has 4 heterocycles. The first-order valence-electron chi connectivity index (χ1n) is 9.73. The van der Waals surface area contributed by atoms with Crippen LogP contribution in [0.4, 0.5) is 0 Å². The molecule has 0 N–H and O–H groups in total. The monoisotopic (exact) mass is 344 g/mol. The van der Waals surface area contributed by atoms with Gasteiger partial charge >= 0.3 is 0 Å². The Hall–Kier alpha value is -0.940. The first kappa shape index (κ1) is 16.2. The minimum Gasteiger partial charge on any atom is -0.376 e. The Morgan fingerprint density at radius 2 is 1.72 bits per heavy atom. The summed E-state index contributed by atoms with van der Waals surface area (Å²) < 4.78 is 25.1. The molecule has 0 aliphatic carbocycles. The van der Waals surface area contributed by atoms with Gasteiger partial charge in [0.25, 0.3) is 0 Å². The third-order valence-corrected chi connectivity index (χ3v) is 7.01. The van der Waals surface area contributed by atoms with Gasteiger partial charge in [0.05, 0.1) is 26.4 Å². The summed E-state index contributed by atoms with van der Waals surface area (Å²) in [5, 5.41) is 0. The van der Waals surface area contributed by atoms with Gasteiger partial charge in [-0.15, -0.1) is 0 Å². The minimum absolute atomic E-state index is 0.380. The molecule has 4 nitrogen and oxygen atoms in total. The number of rotatable bonds is 4. The molecule has 0 amide bonds. The molecule has 2 spiro atoms. The van der Waals surface area contributed by atoms with Crippen molar-refractivity contribution in [2.75, 3.05) is 19.8 Å². The van der Waals surface area contributed by atoms with Gasteiger partial charge in [0.2, 0.25) is 0 Å². The molecule has 4 heteroatoms. The van der Waals surface area contributed by atoms with Gasteiger partial charge in [0, 0.05) is 30.6 Å². The maximum Gasteiger partial charge on any atom is 0.175 e. The smallest absolute Gasteiger partial charge is 0.175 e. The summed E-state index contributed by atoms with van der Waals surface area (Å²) >= 11 is 0. The van der Waals surface area contributed by atoms with Crippen LogP contribution in [0.1, 0.15) is 32.3 Å². The fraction of sp³-hybridized carbons (Fsp3) is 0.714. The number of benzene rings is 1. The van der Waals surface area contributed by atoms with E-state index in [1.165, 1.54) is 5.56 Å². The normalized spacial score (nSPS) is 47.7. The highest BCUT2D eigenvalue weighted by molar-refractivity contribution is 5.14. The fourth-order valence-electron chi connectivity index (χ4n) is 6.15. The van der Waals surface area contributed by atoms with Gasteiger partial charge in [0.15, 0.2) is 11.6 Å². The molecule has 136 valence electrons. The van der Waals surface area contributed by atoms with Crippen LogP contribution in [0.2, 0.25) is 0 Å². The SMILES string of the molecule is C[C@H]1[C@@H]2[C@@H](COCc3ccccc3)CO[C@]23CC[C@@]2(OC[C@@H](C)[C@H]12)O3. The second-order valence-corrected chi connectivity index (χ2v) is 8.50. The maximum atomic E-state index is 6.56. The van der Waals surface area contributed by atoms with E-state index >= 15 is 0 Å². The predicted molar refractivity (Wildman–Crippen MR) is 92.6 cm³/mol. The van der Waals surface area contributed by atoms with Gasteiger partial charge in [-0.05, 0) is 17.4 Å². The fourth-order valence-corrected chi connectivity index (χ4v) is 6.15. The van der Waals surface area contributed by atoms with E-state index in [2.05, 4.69) is 38.1 Å². The van der Waals surface area contributed by atoms with Crippen molar-refractivity contribution in [1.29, 1.82) is 0 Å². The number of hydrogen-bond donors (Lipinski definition) is 0. The third kappa shape index (κ3) is 2.34. The van der Waals surface area contributed by atoms with Crippen molar-refractivity contribution in [1.82, 2.24) is 0 Å². The highest BCUT2D eigenvalue weighted by Crippen LogP contribution is 2.64. The zero-order valence-corrected chi connectivity index (χ0v) is 15.1. The molecule has 7 atom stereocenters. The van der Waals surface area contributed by atoms with Gasteiger partial charge in [-0.25, -0.2) is 0 Å². The molecule has 2 bridgehead atoms. The second-order valence-electron chi connectivity index (χ2n) is 8.50. The van der Waals surface area contributed by atoms with Gasteiger partial charge in [0.1, 0.15) is 0 Å². The summed E-state index contributed by atoms with van der Waals surface area (Å²) in [6.45, 7) is 7.65. The van der Waals surface area contributed by atoms with Gasteiger partial charge in [-0.3, -0.25) is 0 Å². The van der Waals surface area contributed by atoms with E-state index in [1.807, 2.05) is 6.07 Å². The molecule has 0 radical (unpaired) electrons. The Morgan fingerprint density at radius 1 is 1.00 bits per heavy atom. The van der Waals surface area contributed by atoms with Crippen LogP contribution in [0.5, 0.6) is 0 Å². The Morgan fingerprint density at radius 3 is 2.52 bits per heavy atom. The number of hydrogen-bond acceptors (Lipinski definition) is 4. The third-order valence-electron chi connectivity index (χ3n) is 7.01. The highest BCUT2D eigenvalue weighted by atomic mass is 16.8. The van der Waals surface area contributed by atoms with Crippen LogP contribution in [-0.4, -0.2) is 31.4 Å². The van der Waals surface area contributed by atoms with Crippen molar-refractivity contribution in [3.63, 3.8) is 0 Å². The molecule has 4 aliphatic heterocycles. The molecule has 0 unspecified atom stereocenters. The molecule has 25 heavy (non-hydrogen) atoms. The van der Waals surface area contributed by atoms with E-state index in [0.29, 0.717) is 36.2 Å². The van der Waals surface area contributed by atoms with Gasteiger partial charge in [-0.2, -0.15) is 0 Å². The molecule has 1 aromatic rings. The average Bonchev–Trinajstić information content (AvgIpc) is 3.25. The highest BCUT2D eigenvalue weighted by Gasteiger charge is 2.71. The average molecular weight is 344 g/mol. The molecular formula is C21H28O4. The minimum atomic E-state index is -0.430. The van der Waals surface area contributed by atoms with E-state index in [9.17, 15) is 0 Å². The van der Waals surface area contributed by atoms with E-state index < -0.39 is 5.79 Å².